The zero-order chi connectivity index (χ0) is 20.9. The van der Waals surface area contributed by atoms with Gasteiger partial charge in [0.25, 0.3) is 0 Å². The number of amides is 1. The third-order valence-electron chi connectivity index (χ3n) is 5.86. The number of nitrogens with one attached hydrogen (secondary N) is 1. The first-order valence-electron chi connectivity index (χ1n) is 10.5. The highest BCUT2D eigenvalue weighted by Gasteiger charge is 2.35. The molecular formula is C26H27ClN2O. The minimum absolute atomic E-state index is 0.0378. The summed E-state index contributed by atoms with van der Waals surface area (Å²) in [4.78, 5) is 15.8. The van der Waals surface area contributed by atoms with Crippen LogP contribution in [-0.4, -0.2) is 23.9 Å². The van der Waals surface area contributed by atoms with Gasteiger partial charge in [0.05, 0.1) is 12.0 Å². The molecule has 2 atom stereocenters. The Morgan fingerprint density at radius 1 is 1.03 bits per heavy atom. The Balaban J connectivity index is 1.61. The predicted octanol–water partition coefficient (Wildman–Crippen LogP) is 6.21. The highest BCUT2D eigenvalue weighted by atomic mass is 35.5. The Bertz CT molecular complexity index is 987. The van der Waals surface area contributed by atoms with E-state index in [4.69, 9.17) is 11.6 Å². The van der Waals surface area contributed by atoms with Crippen molar-refractivity contribution in [2.45, 2.75) is 31.7 Å². The zero-order valence-electron chi connectivity index (χ0n) is 17.2. The largest absolute Gasteiger partial charge is 0.384 e. The first-order valence-corrected chi connectivity index (χ1v) is 10.9. The number of nitrogens with zero attached hydrogens (tertiary/aromatic N) is 1. The van der Waals surface area contributed by atoms with E-state index in [9.17, 15) is 4.79 Å². The van der Waals surface area contributed by atoms with E-state index in [2.05, 4.69) is 36.5 Å². The fourth-order valence-corrected chi connectivity index (χ4v) is 4.48. The van der Waals surface area contributed by atoms with Crippen LogP contribution in [0.4, 0.5) is 5.69 Å². The summed E-state index contributed by atoms with van der Waals surface area (Å²) in [5.74, 6) is -0.0985. The van der Waals surface area contributed by atoms with Crippen molar-refractivity contribution in [3.05, 3.63) is 101 Å². The number of hydrogen-bond acceptors (Lipinski definition) is 2. The molecule has 0 saturated carbocycles. The van der Waals surface area contributed by atoms with Crippen LogP contribution in [0.2, 0.25) is 5.02 Å². The molecule has 1 aliphatic rings. The smallest absolute Gasteiger partial charge is 0.232 e. The van der Waals surface area contributed by atoms with E-state index in [1.165, 1.54) is 5.56 Å². The van der Waals surface area contributed by atoms with Crippen LogP contribution >= 0.6 is 11.6 Å². The summed E-state index contributed by atoms with van der Waals surface area (Å²) in [5, 5.41) is 4.19. The van der Waals surface area contributed by atoms with Gasteiger partial charge in [0.1, 0.15) is 0 Å². The molecule has 3 aromatic rings. The number of likely N-dealkylation sites (tertiary alicyclic amines) is 1. The predicted molar refractivity (Wildman–Crippen MR) is 124 cm³/mol. The van der Waals surface area contributed by atoms with Crippen molar-refractivity contribution in [2.24, 2.45) is 0 Å². The topological polar surface area (TPSA) is 32.3 Å². The molecule has 0 spiro atoms. The monoisotopic (exact) mass is 418 g/mol. The summed E-state index contributed by atoms with van der Waals surface area (Å²) >= 11 is 6.48. The molecule has 154 valence electrons. The minimum Gasteiger partial charge on any atom is -0.384 e. The highest BCUT2D eigenvalue weighted by Crippen LogP contribution is 2.37. The molecule has 0 aliphatic carbocycles. The van der Waals surface area contributed by atoms with Crippen LogP contribution in [0, 0.1) is 6.92 Å². The maximum atomic E-state index is 13.8. The molecule has 3 aromatic carbocycles. The van der Waals surface area contributed by atoms with Crippen LogP contribution in [0.15, 0.2) is 78.9 Å². The van der Waals surface area contributed by atoms with Crippen LogP contribution < -0.4 is 5.32 Å². The van der Waals surface area contributed by atoms with E-state index in [-0.39, 0.29) is 17.9 Å². The Morgan fingerprint density at radius 2 is 1.73 bits per heavy atom. The number of anilines is 1. The highest BCUT2D eigenvalue weighted by molar-refractivity contribution is 6.31. The van der Waals surface area contributed by atoms with Gasteiger partial charge in [-0.3, -0.25) is 4.79 Å². The number of aryl methyl sites for hydroxylation is 1. The summed E-state index contributed by atoms with van der Waals surface area (Å²) in [7, 11) is 0. The first kappa shape index (κ1) is 20.5. The minimum atomic E-state index is -0.256. The van der Waals surface area contributed by atoms with Gasteiger partial charge >= 0.3 is 0 Å². The van der Waals surface area contributed by atoms with E-state index in [1.54, 1.807) is 0 Å². The fraction of sp³-hybridized carbons (Fsp3) is 0.269. The lowest BCUT2D eigenvalue weighted by Gasteiger charge is -2.30. The summed E-state index contributed by atoms with van der Waals surface area (Å²) in [5.41, 5.74) is 4.30. The molecule has 0 bridgehead atoms. The number of hydrogen-bond donors (Lipinski definition) is 1. The third kappa shape index (κ3) is 4.52. The Labute approximate surface area is 183 Å². The van der Waals surface area contributed by atoms with Crippen molar-refractivity contribution >= 4 is 23.2 Å². The number of rotatable bonds is 6. The molecule has 30 heavy (non-hydrogen) atoms. The molecule has 4 rings (SSSR count). The van der Waals surface area contributed by atoms with Crippen molar-refractivity contribution in [1.82, 2.24) is 4.90 Å². The van der Waals surface area contributed by atoms with Crippen LogP contribution in [-0.2, 0) is 4.79 Å². The lowest BCUT2D eigenvalue weighted by Crippen LogP contribution is -2.37. The summed E-state index contributed by atoms with van der Waals surface area (Å²) in [6, 6.07) is 26.3. The van der Waals surface area contributed by atoms with E-state index in [0.29, 0.717) is 6.54 Å². The fourth-order valence-electron chi connectivity index (χ4n) is 4.22. The molecule has 2 unspecified atom stereocenters. The normalized spacial score (nSPS) is 17.0. The van der Waals surface area contributed by atoms with Gasteiger partial charge in [-0.05, 0) is 49.1 Å². The molecule has 0 aromatic heterocycles. The van der Waals surface area contributed by atoms with Gasteiger partial charge in [-0.15, -0.1) is 0 Å². The van der Waals surface area contributed by atoms with Crippen LogP contribution in [0.3, 0.4) is 0 Å². The molecule has 3 nitrogen and oxygen atoms in total. The molecule has 1 saturated heterocycles. The number of para-hydroxylation sites is 1. The summed E-state index contributed by atoms with van der Waals surface area (Å²) in [6.45, 7) is 3.39. The molecule has 1 heterocycles. The third-order valence-corrected chi connectivity index (χ3v) is 6.21. The molecule has 4 heteroatoms. The maximum absolute atomic E-state index is 13.8. The number of benzene rings is 3. The van der Waals surface area contributed by atoms with Gasteiger partial charge in [0.2, 0.25) is 5.91 Å². The van der Waals surface area contributed by atoms with Crippen molar-refractivity contribution < 1.29 is 4.79 Å². The lowest BCUT2D eigenvalue weighted by molar-refractivity contribution is -0.133. The van der Waals surface area contributed by atoms with Crippen LogP contribution in [0.1, 0.15) is 41.5 Å². The number of halogens is 1. The Hall–Kier alpha value is -2.78. The van der Waals surface area contributed by atoms with Gasteiger partial charge in [-0.1, -0.05) is 77.8 Å². The Kier molecular flexibility index (Phi) is 6.39. The van der Waals surface area contributed by atoms with E-state index in [1.807, 2.05) is 59.5 Å². The molecule has 0 radical (unpaired) electrons. The quantitative estimate of drug-likeness (QED) is 0.516. The Morgan fingerprint density at radius 3 is 2.47 bits per heavy atom. The first-order chi connectivity index (χ1) is 14.6. The maximum Gasteiger partial charge on any atom is 0.232 e. The van der Waals surface area contributed by atoms with Crippen LogP contribution in [0.5, 0.6) is 0 Å². The van der Waals surface area contributed by atoms with Gasteiger partial charge < -0.3 is 10.2 Å². The second-order valence-corrected chi connectivity index (χ2v) is 8.33. The van der Waals surface area contributed by atoms with E-state index in [0.717, 1.165) is 41.2 Å². The van der Waals surface area contributed by atoms with Crippen LogP contribution in [0.25, 0.3) is 0 Å². The average Bonchev–Trinajstić information content (AvgIpc) is 3.25. The van der Waals surface area contributed by atoms with E-state index >= 15 is 0 Å². The molecule has 1 aliphatic heterocycles. The summed E-state index contributed by atoms with van der Waals surface area (Å²) in [6.07, 6.45) is 1.94. The number of carbonyl (C=O) groups excluding carboxylic acids is 1. The summed E-state index contributed by atoms with van der Waals surface area (Å²) < 4.78 is 0. The van der Waals surface area contributed by atoms with E-state index < -0.39 is 0 Å². The standard InChI is InChI=1S/C26H27ClN2O/c1-19-13-15-20(16-14-19)23(18-28-21-8-3-2-4-9-21)26(30)29-17-7-12-25(29)22-10-5-6-11-24(22)27/h2-6,8-11,13-16,23,25,28H,7,12,17-18H2,1H3. The SMILES string of the molecule is Cc1ccc(C(CNc2ccccc2)C(=O)N2CCCC2c2ccccc2Cl)cc1. The van der Waals surface area contributed by atoms with Crippen molar-refractivity contribution in [3.8, 4) is 0 Å². The van der Waals surface area contributed by atoms with Gasteiger partial charge in [-0.2, -0.15) is 0 Å². The second-order valence-electron chi connectivity index (χ2n) is 7.92. The zero-order valence-corrected chi connectivity index (χ0v) is 18.0. The molecule has 1 N–H and O–H groups in total. The average molecular weight is 419 g/mol. The van der Waals surface area contributed by atoms with Crippen molar-refractivity contribution in [1.29, 1.82) is 0 Å². The van der Waals surface area contributed by atoms with Gasteiger partial charge in [0.15, 0.2) is 0 Å². The molecule has 1 fully saturated rings. The lowest BCUT2D eigenvalue weighted by atomic mass is 9.95. The van der Waals surface area contributed by atoms with Gasteiger partial charge in [0, 0.05) is 23.8 Å². The van der Waals surface area contributed by atoms with Crippen molar-refractivity contribution in [2.75, 3.05) is 18.4 Å². The van der Waals surface area contributed by atoms with Crippen molar-refractivity contribution in [3.63, 3.8) is 0 Å². The molecule has 1 amide bonds. The number of carbonyl (C=O) groups is 1. The second kappa shape index (κ2) is 9.36. The van der Waals surface area contributed by atoms with Gasteiger partial charge in [-0.25, -0.2) is 0 Å². The molecular weight excluding hydrogens is 392 g/mol.